The highest BCUT2D eigenvalue weighted by atomic mass is 127. The highest BCUT2D eigenvalue weighted by Crippen LogP contribution is 2.30. The minimum Gasteiger partial charge on any atom is -0.497 e. The maximum Gasteiger partial charge on any atom is 0.191 e. The van der Waals surface area contributed by atoms with Crippen LogP contribution in [0.4, 0.5) is 5.69 Å². The molecule has 8 heteroatoms. The summed E-state index contributed by atoms with van der Waals surface area (Å²) >= 11 is 0. The van der Waals surface area contributed by atoms with Gasteiger partial charge in [-0.3, -0.25) is 4.99 Å². The minimum atomic E-state index is 0. The van der Waals surface area contributed by atoms with Crippen LogP contribution in [0.5, 0.6) is 11.5 Å². The Morgan fingerprint density at radius 2 is 1.78 bits per heavy atom. The van der Waals surface area contributed by atoms with Crippen molar-refractivity contribution in [1.82, 2.24) is 10.6 Å². The second-order valence-electron chi connectivity index (χ2n) is 7.48. The van der Waals surface area contributed by atoms with Gasteiger partial charge in [0.05, 0.1) is 20.8 Å². The number of ether oxygens (including phenoxy) is 3. The Bertz CT molecular complexity index is 856. The smallest absolute Gasteiger partial charge is 0.191 e. The van der Waals surface area contributed by atoms with E-state index in [2.05, 4.69) is 38.7 Å². The van der Waals surface area contributed by atoms with E-state index >= 15 is 0 Å². The third-order valence-electron chi connectivity index (χ3n) is 5.48. The summed E-state index contributed by atoms with van der Waals surface area (Å²) in [4.78, 5) is 6.76. The van der Waals surface area contributed by atoms with Crippen LogP contribution in [-0.4, -0.2) is 53.0 Å². The van der Waals surface area contributed by atoms with E-state index in [0.717, 1.165) is 42.7 Å². The number of nitrogens with one attached hydrogen (secondary N) is 2. The Morgan fingerprint density at radius 1 is 1.09 bits per heavy atom. The van der Waals surface area contributed by atoms with Crippen LogP contribution in [-0.2, 0) is 17.9 Å². The van der Waals surface area contributed by atoms with E-state index in [1.165, 1.54) is 11.1 Å². The van der Waals surface area contributed by atoms with Gasteiger partial charge in [0.25, 0.3) is 0 Å². The second-order valence-corrected chi connectivity index (χ2v) is 7.48. The van der Waals surface area contributed by atoms with Gasteiger partial charge >= 0.3 is 0 Å². The zero-order chi connectivity index (χ0) is 22.1. The summed E-state index contributed by atoms with van der Waals surface area (Å²) in [5.41, 5.74) is 3.52. The summed E-state index contributed by atoms with van der Waals surface area (Å²) in [5, 5.41) is 7.00. The molecule has 0 aromatic heterocycles. The number of aliphatic imine (C=N–C) groups is 1. The van der Waals surface area contributed by atoms with Crippen LogP contribution in [0.3, 0.4) is 0 Å². The molecule has 1 atom stereocenters. The Labute approximate surface area is 208 Å². The first-order valence-electron chi connectivity index (χ1n) is 10.8. The van der Waals surface area contributed by atoms with Crippen LogP contribution in [0.2, 0.25) is 0 Å². The first-order chi connectivity index (χ1) is 15.2. The van der Waals surface area contributed by atoms with E-state index in [-0.39, 0.29) is 24.0 Å². The van der Waals surface area contributed by atoms with Gasteiger partial charge in [-0.1, -0.05) is 24.3 Å². The molecule has 1 heterocycles. The van der Waals surface area contributed by atoms with Crippen molar-refractivity contribution >= 4 is 35.6 Å². The molecule has 0 radical (unpaired) electrons. The maximum atomic E-state index is 5.59. The fourth-order valence-electron chi connectivity index (χ4n) is 3.74. The summed E-state index contributed by atoms with van der Waals surface area (Å²) in [7, 11) is 5.16. The van der Waals surface area contributed by atoms with E-state index in [4.69, 9.17) is 14.2 Å². The fraction of sp³-hybridized carbons (Fsp3) is 0.458. The van der Waals surface area contributed by atoms with Crippen molar-refractivity contribution in [2.24, 2.45) is 4.99 Å². The third-order valence-corrected chi connectivity index (χ3v) is 5.48. The fourth-order valence-corrected chi connectivity index (χ4v) is 3.74. The Hall–Kier alpha value is -2.20. The molecule has 2 aromatic rings. The Kier molecular flexibility index (Phi) is 10.9. The Balaban J connectivity index is 0.00000363. The molecule has 1 saturated heterocycles. The highest BCUT2D eigenvalue weighted by molar-refractivity contribution is 14.0. The van der Waals surface area contributed by atoms with Crippen LogP contribution < -0.4 is 25.0 Å². The maximum absolute atomic E-state index is 5.59. The number of nitrogens with zero attached hydrogens (tertiary/aromatic N) is 2. The van der Waals surface area contributed by atoms with E-state index in [1.54, 1.807) is 21.3 Å². The molecule has 2 aromatic carbocycles. The van der Waals surface area contributed by atoms with Crippen molar-refractivity contribution in [3.8, 4) is 11.5 Å². The molecule has 7 nitrogen and oxygen atoms in total. The number of hydrogen-bond donors (Lipinski definition) is 2. The van der Waals surface area contributed by atoms with Crippen molar-refractivity contribution < 1.29 is 14.2 Å². The largest absolute Gasteiger partial charge is 0.497 e. The van der Waals surface area contributed by atoms with Crippen molar-refractivity contribution in [2.75, 3.05) is 45.9 Å². The zero-order valence-corrected chi connectivity index (χ0v) is 21.7. The van der Waals surface area contributed by atoms with Crippen LogP contribution in [0.25, 0.3) is 0 Å². The molecular weight excluding hydrogens is 519 g/mol. The number of rotatable bonds is 9. The average Bonchev–Trinajstić information content (AvgIpc) is 3.29. The van der Waals surface area contributed by atoms with Gasteiger partial charge in [0.1, 0.15) is 11.5 Å². The number of halogens is 1. The molecule has 0 amide bonds. The number of benzene rings is 2. The van der Waals surface area contributed by atoms with Gasteiger partial charge in [0.15, 0.2) is 5.96 Å². The molecule has 0 bridgehead atoms. The van der Waals surface area contributed by atoms with E-state index in [0.29, 0.717) is 25.8 Å². The van der Waals surface area contributed by atoms with Gasteiger partial charge in [-0.15, -0.1) is 24.0 Å². The predicted molar refractivity (Wildman–Crippen MR) is 141 cm³/mol. The van der Waals surface area contributed by atoms with Crippen LogP contribution in [0.1, 0.15) is 24.5 Å². The molecule has 1 aliphatic rings. The second kappa shape index (κ2) is 13.4. The molecule has 32 heavy (non-hydrogen) atoms. The molecule has 1 aliphatic heterocycles. The van der Waals surface area contributed by atoms with Gasteiger partial charge < -0.3 is 29.7 Å². The number of methoxy groups -OCH3 is 2. The van der Waals surface area contributed by atoms with Crippen LogP contribution in [0, 0.1) is 0 Å². The topological polar surface area (TPSA) is 67.4 Å². The molecular formula is C24H35IN4O3. The number of guanidine groups is 1. The van der Waals surface area contributed by atoms with Gasteiger partial charge in [-0.05, 0) is 24.5 Å². The summed E-state index contributed by atoms with van der Waals surface area (Å²) in [5.74, 6) is 2.41. The van der Waals surface area contributed by atoms with Crippen molar-refractivity contribution in [3.63, 3.8) is 0 Å². The molecule has 176 valence electrons. The summed E-state index contributed by atoms with van der Waals surface area (Å²) in [6, 6.07) is 14.6. The molecule has 1 fully saturated rings. The van der Waals surface area contributed by atoms with Crippen molar-refractivity contribution in [1.29, 1.82) is 0 Å². The molecule has 0 saturated carbocycles. The Morgan fingerprint density at radius 3 is 2.41 bits per heavy atom. The van der Waals surface area contributed by atoms with Gasteiger partial charge in [-0.2, -0.15) is 0 Å². The number of hydrogen-bond acceptors (Lipinski definition) is 5. The third kappa shape index (κ3) is 7.16. The first-order valence-corrected chi connectivity index (χ1v) is 10.8. The van der Waals surface area contributed by atoms with Gasteiger partial charge in [-0.25, -0.2) is 0 Å². The van der Waals surface area contributed by atoms with Gasteiger partial charge in [0, 0.05) is 63.2 Å². The molecule has 0 spiro atoms. The lowest BCUT2D eigenvalue weighted by Gasteiger charge is -2.21. The lowest BCUT2D eigenvalue weighted by molar-refractivity contribution is 0.133. The summed E-state index contributed by atoms with van der Waals surface area (Å²) in [6.07, 6.45) is 1.03. The monoisotopic (exact) mass is 554 g/mol. The quantitative estimate of drug-likeness (QED) is 0.279. The average molecular weight is 554 g/mol. The molecule has 1 unspecified atom stereocenters. The summed E-state index contributed by atoms with van der Waals surface area (Å²) in [6.45, 7) is 5.90. The van der Waals surface area contributed by atoms with E-state index in [1.807, 2.05) is 31.2 Å². The molecule has 2 N–H and O–H groups in total. The lowest BCUT2D eigenvalue weighted by atomic mass is 10.1. The SMILES string of the molecule is CCOCc1ccccc1CNC(=NC)NC1CCN(c2cc(OC)cc(OC)c2)C1.I. The molecule has 0 aliphatic carbocycles. The highest BCUT2D eigenvalue weighted by Gasteiger charge is 2.24. The lowest BCUT2D eigenvalue weighted by Crippen LogP contribution is -2.44. The van der Waals surface area contributed by atoms with Crippen LogP contribution >= 0.6 is 24.0 Å². The van der Waals surface area contributed by atoms with Gasteiger partial charge in [0.2, 0.25) is 0 Å². The first kappa shape index (κ1) is 26.1. The van der Waals surface area contributed by atoms with Crippen molar-refractivity contribution in [2.45, 2.75) is 32.5 Å². The normalized spacial score (nSPS) is 15.8. The standard InChI is InChI=1S/C24H34N4O3.HI/c1-5-31-17-19-9-7-6-8-18(19)15-26-24(25-2)27-20-10-11-28(16-20)21-12-22(29-3)14-23(13-21)30-4;/h6-9,12-14,20H,5,10-11,15-17H2,1-4H3,(H2,25,26,27);1H. The predicted octanol–water partition coefficient (Wildman–Crippen LogP) is 3.80. The number of anilines is 1. The van der Waals surface area contributed by atoms with Crippen LogP contribution in [0.15, 0.2) is 47.5 Å². The van der Waals surface area contributed by atoms with Crippen molar-refractivity contribution in [3.05, 3.63) is 53.6 Å². The molecule has 3 rings (SSSR count). The summed E-state index contributed by atoms with van der Waals surface area (Å²) < 4.78 is 16.4. The zero-order valence-electron chi connectivity index (χ0n) is 19.4. The minimum absolute atomic E-state index is 0. The van der Waals surface area contributed by atoms with E-state index in [9.17, 15) is 0 Å². The van der Waals surface area contributed by atoms with E-state index < -0.39 is 0 Å².